The lowest BCUT2D eigenvalue weighted by molar-refractivity contribution is -0.144. The van der Waals surface area contributed by atoms with E-state index < -0.39 is 11.5 Å². The van der Waals surface area contributed by atoms with E-state index in [0.717, 1.165) is 12.8 Å². The van der Waals surface area contributed by atoms with Crippen LogP contribution in [0.25, 0.3) is 0 Å². The summed E-state index contributed by atoms with van der Waals surface area (Å²) in [6.07, 6.45) is 5.35. The van der Waals surface area contributed by atoms with Gasteiger partial charge < -0.3 is 10.8 Å². The van der Waals surface area contributed by atoms with Gasteiger partial charge in [0.15, 0.2) is 0 Å². The molecule has 3 atom stereocenters. The van der Waals surface area contributed by atoms with E-state index in [1.54, 1.807) is 11.8 Å². The van der Waals surface area contributed by atoms with Gasteiger partial charge in [0.25, 0.3) is 0 Å². The molecule has 14 heavy (non-hydrogen) atoms. The summed E-state index contributed by atoms with van der Waals surface area (Å²) in [6, 6.07) is 0. The van der Waals surface area contributed by atoms with Gasteiger partial charge in [-0.2, -0.15) is 11.8 Å². The van der Waals surface area contributed by atoms with E-state index in [9.17, 15) is 4.79 Å². The quantitative estimate of drug-likeness (QED) is 0.755. The van der Waals surface area contributed by atoms with Crippen LogP contribution in [0.15, 0.2) is 0 Å². The fourth-order valence-corrected chi connectivity index (χ4v) is 3.37. The number of rotatable bonds is 3. The molecule has 0 spiro atoms. The largest absolute Gasteiger partial charge is 0.480 e. The van der Waals surface area contributed by atoms with Crippen molar-refractivity contribution in [2.75, 3.05) is 6.26 Å². The van der Waals surface area contributed by atoms with E-state index in [0.29, 0.717) is 24.0 Å². The highest BCUT2D eigenvalue weighted by atomic mass is 32.2. The second-order valence-corrected chi connectivity index (χ2v) is 5.22. The van der Waals surface area contributed by atoms with Crippen molar-refractivity contribution >= 4 is 17.7 Å². The highest BCUT2D eigenvalue weighted by molar-refractivity contribution is 7.99. The van der Waals surface area contributed by atoms with Crippen LogP contribution in [-0.2, 0) is 4.79 Å². The first kappa shape index (κ1) is 11.9. The molecule has 1 saturated carbocycles. The molecule has 82 valence electrons. The van der Waals surface area contributed by atoms with Crippen LogP contribution in [0, 0.1) is 5.92 Å². The molecule has 3 N–H and O–H groups in total. The SMILES string of the molecule is CCC1CCC(N)(C(=O)O)CC1SC. The van der Waals surface area contributed by atoms with Crippen molar-refractivity contribution < 1.29 is 9.90 Å². The summed E-state index contributed by atoms with van der Waals surface area (Å²) in [5.74, 6) is -0.202. The summed E-state index contributed by atoms with van der Waals surface area (Å²) >= 11 is 1.75. The summed E-state index contributed by atoms with van der Waals surface area (Å²) < 4.78 is 0. The molecule has 1 aliphatic carbocycles. The third-order valence-corrected chi connectivity index (χ3v) is 4.46. The molecule has 0 amide bonds. The summed E-state index contributed by atoms with van der Waals surface area (Å²) in [6.45, 7) is 2.16. The molecule has 0 aromatic heterocycles. The summed E-state index contributed by atoms with van der Waals surface area (Å²) in [5.41, 5.74) is 4.90. The zero-order valence-corrected chi connectivity index (χ0v) is 9.64. The number of thioether (sulfide) groups is 1. The Bertz CT molecular complexity index is 222. The molecule has 0 aromatic carbocycles. The Labute approximate surface area is 89.4 Å². The van der Waals surface area contributed by atoms with Crippen molar-refractivity contribution in [1.82, 2.24) is 0 Å². The zero-order chi connectivity index (χ0) is 10.8. The highest BCUT2D eigenvalue weighted by Gasteiger charge is 2.42. The molecule has 0 aliphatic heterocycles. The molecule has 0 saturated heterocycles. The van der Waals surface area contributed by atoms with Crippen LogP contribution in [0.3, 0.4) is 0 Å². The summed E-state index contributed by atoms with van der Waals surface area (Å²) in [7, 11) is 0. The smallest absolute Gasteiger partial charge is 0.323 e. The number of hydrogen-bond donors (Lipinski definition) is 2. The number of nitrogens with two attached hydrogens (primary N) is 1. The van der Waals surface area contributed by atoms with E-state index in [1.165, 1.54) is 0 Å². The Kier molecular flexibility index (Phi) is 3.84. The Morgan fingerprint density at radius 2 is 2.36 bits per heavy atom. The first-order chi connectivity index (χ1) is 6.53. The molecule has 1 rings (SSSR count). The van der Waals surface area contributed by atoms with Crippen molar-refractivity contribution in [3.63, 3.8) is 0 Å². The van der Waals surface area contributed by atoms with Crippen molar-refractivity contribution in [1.29, 1.82) is 0 Å². The van der Waals surface area contributed by atoms with Crippen LogP contribution in [0.1, 0.15) is 32.6 Å². The number of carbonyl (C=O) groups is 1. The zero-order valence-electron chi connectivity index (χ0n) is 8.82. The average Bonchev–Trinajstić information content (AvgIpc) is 2.17. The lowest BCUT2D eigenvalue weighted by Gasteiger charge is -2.38. The van der Waals surface area contributed by atoms with Gasteiger partial charge in [0.2, 0.25) is 0 Å². The predicted molar refractivity (Wildman–Crippen MR) is 59.5 cm³/mol. The molecular weight excluding hydrogens is 198 g/mol. The maximum Gasteiger partial charge on any atom is 0.323 e. The van der Waals surface area contributed by atoms with Gasteiger partial charge in [0, 0.05) is 5.25 Å². The van der Waals surface area contributed by atoms with E-state index in [4.69, 9.17) is 10.8 Å². The van der Waals surface area contributed by atoms with Gasteiger partial charge in [-0.1, -0.05) is 13.3 Å². The number of aliphatic carboxylic acids is 1. The first-order valence-corrected chi connectivity index (χ1v) is 6.37. The minimum atomic E-state index is -0.973. The minimum Gasteiger partial charge on any atom is -0.480 e. The number of carboxylic acid groups (broad SMARTS) is 1. The standard InChI is InChI=1S/C10H19NO2S/c1-3-7-4-5-10(11,9(12)13)6-8(7)14-2/h7-8H,3-6,11H2,1-2H3,(H,12,13). The Balaban J connectivity index is 2.69. The van der Waals surface area contributed by atoms with Crippen LogP contribution in [0.4, 0.5) is 0 Å². The van der Waals surface area contributed by atoms with E-state index in [-0.39, 0.29) is 0 Å². The topological polar surface area (TPSA) is 63.3 Å². The number of hydrogen-bond acceptors (Lipinski definition) is 3. The lowest BCUT2D eigenvalue weighted by Crippen LogP contribution is -2.53. The molecule has 3 unspecified atom stereocenters. The second-order valence-electron chi connectivity index (χ2n) is 4.15. The van der Waals surface area contributed by atoms with Gasteiger partial charge in [0.1, 0.15) is 5.54 Å². The second kappa shape index (κ2) is 4.53. The lowest BCUT2D eigenvalue weighted by atomic mass is 9.76. The van der Waals surface area contributed by atoms with Gasteiger partial charge in [-0.15, -0.1) is 0 Å². The predicted octanol–water partition coefficient (Wildman–Crippen LogP) is 1.71. The Hall–Kier alpha value is -0.220. The fraction of sp³-hybridized carbons (Fsp3) is 0.900. The highest BCUT2D eigenvalue weighted by Crippen LogP contribution is 2.38. The fourth-order valence-electron chi connectivity index (χ4n) is 2.19. The molecule has 0 bridgehead atoms. The van der Waals surface area contributed by atoms with Gasteiger partial charge in [-0.25, -0.2) is 0 Å². The van der Waals surface area contributed by atoms with Crippen LogP contribution in [-0.4, -0.2) is 28.1 Å². The van der Waals surface area contributed by atoms with Crippen LogP contribution >= 0.6 is 11.8 Å². The van der Waals surface area contributed by atoms with Crippen molar-refractivity contribution in [3.05, 3.63) is 0 Å². The van der Waals surface area contributed by atoms with Crippen LogP contribution < -0.4 is 5.73 Å². The molecular formula is C10H19NO2S. The maximum atomic E-state index is 11.0. The Morgan fingerprint density at radius 1 is 1.71 bits per heavy atom. The van der Waals surface area contributed by atoms with Crippen LogP contribution in [0.2, 0.25) is 0 Å². The Morgan fingerprint density at radius 3 is 2.79 bits per heavy atom. The molecule has 1 aliphatic rings. The first-order valence-electron chi connectivity index (χ1n) is 5.08. The average molecular weight is 217 g/mol. The van der Waals surface area contributed by atoms with Crippen LogP contribution in [0.5, 0.6) is 0 Å². The maximum absolute atomic E-state index is 11.0. The molecule has 0 heterocycles. The molecule has 3 nitrogen and oxygen atoms in total. The minimum absolute atomic E-state index is 0.412. The summed E-state index contributed by atoms with van der Waals surface area (Å²) in [4.78, 5) is 11.0. The van der Waals surface area contributed by atoms with E-state index >= 15 is 0 Å². The van der Waals surface area contributed by atoms with E-state index in [1.807, 2.05) is 6.26 Å². The van der Waals surface area contributed by atoms with E-state index in [2.05, 4.69) is 6.92 Å². The third kappa shape index (κ3) is 2.23. The molecule has 0 radical (unpaired) electrons. The van der Waals surface area contributed by atoms with Gasteiger partial charge in [-0.05, 0) is 31.4 Å². The van der Waals surface area contributed by atoms with Gasteiger partial charge in [-0.3, -0.25) is 4.79 Å². The monoisotopic (exact) mass is 217 g/mol. The van der Waals surface area contributed by atoms with Gasteiger partial charge >= 0.3 is 5.97 Å². The van der Waals surface area contributed by atoms with Gasteiger partial charge in [0.05, 0.1) is 0 Å². The summed E-state index contributed by atoms with van der Waals surface area (Å²) in [5, 5.41) is 9.45. The number of carboxylic acids is 1. The van der Waals surface area contributed by atoms with Crippen molar-refractivity contribution in [2.24, 2.45) is 11.7 Å². The normalized spacial score (nSPS) is 38.2. The van der Waals surface area contributed by atoms with Crippen molar-refractivity contribution in [3.8, 4) is 0 Å². The molecule has 0 aromatic rings. The molecule has 4 heteroatoms. The third-order valence-electron chi connectivity index (χ3n) is 3.31. The molecule has 1 fully saturated rings. The van der Waals surface area contributed by atoms with Crippen molar-refractivity contribution in [2.45, 2.75) is 43.4 Å².